The Balaban J connectivity index is 2.21. The van der Waals surface area contributed by atoms with Gasteiger partial charge in [-0.1, -0.05) is 12.1 Å². The fourth-order valence-electron chi connectivity index (χ4n) is 2.63. The number of piperidine rings is 1. The average molecular weight is 278 g/mol. The minimum atomic E-state index is -0.0110. The zero-order valence-corrected chi connectivity index (χ0v) is 11.4. The van der Waals surface area contributed by atoms with Crippen LogP contribution in [0.25, 0.3) is 10.9 Å². The summed E-state index contributed by atoms with van der Waals surface area (Å²) in [5, 5.41) is 2.73. The summed E-state index contributed by atoms with van der Waals surface area (Å²) in [4.78, 5) is 17.1. The normalized spacial score (nSPS) is 15.9. The molecule has 0 radical (unpaired) electrons. The van der Waals surface area contributed by atoms with Crippen LogP contribution < -0.4 is 10.6 Å². The predicted octanol–water partition coefficient (Wildman–Crippen LogP) is 2.26. The lowest BCUT2D eigenvalue weighted by Crippen LogP contribution is -2.47. The van der Waals surface area contributed by atoms with Crippen LogP contribution in [0.15, 0.2) is 29.1 Å². The van der Waals surface area contributed by atoms with Gasteiger partial charge in [-0.2, -0.15) is 0 Å². The summed E-state index contributed by atoms with van der Waals surface area (Å²) in [7, 11) is 0. The monoisotopic (exact) mass is 277 g/mol. The summed E-state index contributed by atoms with van der Waals surface area (Å²) in [5.74, 6) is 0.878. The van der Waals surface area contributed by atoms with Gasteiger partial charge in [0.1, 0.15) is 5.82 Å². The van der Waals surface area contributed by atoms with Crippen LogP contribution in [0.5, 0.6) is 0 Å². The van der Waals surface area contributed by atoms with Gasteiger partial charge in [-0.25, -0.2) is 9.66 Å². The SMILES string of the molecule is O=c1c2ccccc2nc(CCl)n1N1CCCCC1. The number of alkyl halides is 1. The molecule has 0 unspecified atom stereocenters. The number of fused-ring (bicyclic) bond motifs is 1. The van der Waals surface area contributed by atoms with E-state index in [2.05, 4.69) is 9.99 Å². The second kappa shape index (κ2) is 5.21. The largest absolute Gasteiger partial charge is 0.308 e. The van der Waals surface area contributed by atoms with Gasteiger partial charge < -0.3 is 5.01 Å². The first-order valence-electron chi connectivity index (χ1n) is 6.63. The molecule has 0 amide bonds. The van der Waals surface area contributed by atoms with Gasteiger partial charge in [0, 0.05) is 13.1 Å². The Kier molecular flexibility index (Phi) is 3.42. The van der Waals surface area contributed by atoms with Gasteiger partial charge in [0.2, 0.25) is 0 Å². The Morgan fingerprint density at radius 2 is 1.89 bits per heavy atom. The molecule has 0 N–H and O–H groups in total. The molecule has 3 rings (SSSR count). The van der Waals surface area contributed by atoms with Crippen molar-refractivity contribution >= 4 is 22.5 Å². The molecule has 0 bridgehead atoms. The van der Waals surface area contributed by atoms with Crippen LogP contribution in [0, 0.1) is 0 Å². The number of rotatable bonds is 2. The van der Waals surface area contributed by atoms with E-state index >= 15 is 0 Å². The van der Waals surface area contributed by atoms with Crippen LogP contribution in [0.3, 0.4) is 0 Å². The van der Waals surface area contributed by atoms with Crippen molar-refractivity contribution in [2.24, 2.45) is 0 Å². The lowest BCUT2D eigenvalue weighted by molar-refractivity contribution is 0.459. The van der Waals surface area contributed by atoms with Crippen LogP contribution in [-0.4, -0.2) is 22.7 Å². The molecule has 4 nitrogen and oxygen atoms in total. The summed E-state index contributed by atoms with van der Waals surface area (Å²) in [5.41, 5.74) is 0.708. The number of aromatic nitrogens is 2. The van der Waals surface area contributed by atoms with Crippen molar-refractivity contribution in [2.75, 3.05) is 18.1 Å². The Bertz CT molecular complexity index is 647. The van der Waals surface area contributed by atoms with Gasteiger partial charge in [-0.05, 0) is 31.4 Å². The van der Waals surface area contributed by atoms with Crippen molar-refractivity contribution in [2.45, 2.75) is 25.1 Å². The predicted molar refractivity (Wildman–Crippen MR) is 77.4 cm³/mol. The maximum absolute atomic E-state index is 12.6. The third kappa shape index (κ3) is 2.21. The van der Waals surface area contributed by atoms with Crippen LogP contribution in [0.2, 0.25) is 0 Å². The number of halogens is 1. The van der Waals surface area contributed by atoms with Crippen molar-refractivity contribution in [3.05, 3.63) is 40.4 Å². The van der Waals surface area contributed by atoms with E-state index in [1.807, 2.05) is 24.3 Å². The lowest BCUT2D eigenvalue weighted by Gasteiger charge is -2.31. The standard InChI is InChI=1S/C14H16ClN3O/c15-10-13-16-12-7-3-2-6-11(12)14(19)18(13)17-8-4-1-5-9-17/h2-3,6-7H,1,4-5,8-10H2. The lowest BCUT2D eigenvalue weighted by atomic mass is 10.2. The molecule has 1 fully saturated rings. The van der Waals surface area contributed by atoms with Crippen LogP contribution in [0.1, 0.15) is 25.1 Å². The third-order valence-corrected chi connectivity index (χ3v) is 3.79. The van der Waals surface area contributed by atoms with Crippen LogP contribution >= 0.6 is 11.6 Å². The molecule has 100 valence electrons. The molecular formula is C14H16ClN3O. The summed E-state index contributed by atoms with van der Waals surface area (Å²) >= 11 is 5.97. The van der Waals surface area contributed by atoms with Crippen molar-refractivity contribution in [1.82, 2.24) is 9.66 Å². The molecule has 5 heteroatoms. The molecule has 2 aromatic rings. The third-order valence-electron chi connectivity index (χ3n) is 3.56. The molecule has 0 saturated carbocycles. The zero-order valence-electron chi connectivity index (χ0n) is 10.7. The van der Waals surface area contributed by atoms with E-state index in [1.54, 1.807) is 4.68 Å². The molecule has 0 atom stereocenters. The fourth-order valence-corrected chi connectivity index (χ4v) is 2.80. The minimum Gasteiger partial charge on any atom is -0.308 e. The Hall–Kier alpha value is -1.55. The summed E-state index contributed by atoms with van der Waals surface area (Å²) < 4.78 is 1.68. The maximum Gasteiger partial charge on any atom is 0.280 e. The van der Waals surface area contributed by atoms with Crippen molar-refractivity contribution in [1.29, 1.82) is 0 Å². The van der Waals surface area contributed by atoms with Gasteiger partial charge in [0.15, 0.2) is 0 Å². The molecule has 1 aliphatic heterocycles. The first kappa shape index (κ1) is 12.5. The van der Waals surface area contributed by atoms with Gasteiger partial charge in [-0.15, -0.1) is 11.6 Å². The first-order valence-corrected chi connectivity index (χ1v) is 7.16. The van der Waals surface area contributed by atoms with Gasteiger partial charge in [0.05, 0.1) is 16.8 Å². The van der Waals surface area contributed by atoms with E-state index in [0.29, 0.717) is 11.2 Å². The van der Waals surface area contributed by atoms with Crippen LogP contribution in [0.4, 0.5) is 0 Å². The average Bonchev–Trinajstić information content (AvgIpc) is 2.48. The number of hydrogen-bond acceptors (Lipinski definition) is 3. The number of nitrogens with zero attached hydrogens (tertiary/aromatic N) is 3. The van der Waals surface area contributed by atoms with E-state index < -0.39 is 0 Å². The molecule has 2 heterocycles. The highest BCUT2D eigenvalue weighted by Crippen LogP contribution is 2.13. The van der Waals surface area contributed by atoms with Gasteiger partial charge >= 0.3 is 0 Å². The Morgan fingerprint density at radius 1 is 1.16 bits per heavy atom. The maximum atomic E-state index is 12.6. The fraction of sp³-hybridized carbons (Fsp3) is 0.429. The number of benzene rings is 1. The second-order valence-corrected chi connectivity index (χ2v) is 5.08. The highest BCUT2D eigenvalue weighted by Gasteiger charge is 2.17. The van der Waals surface area contributed by atoms with Gasteiger partial charge in [0.25, 0.3) is 5.56 Å². The van der Waals surface area contributed by atoms with E-state index in [1.165, 1.54) is 6.42 Å². The molecule has 0 spiro atoms. The summed E-state index contributed by atoms with van der Waals surface area (Å²) in [6, 6.07) is 7.43. The number of para-hydroxylation sites is 1. The van der Waals surface area contributed by atoms with E-state index in [4.69, 9.17) is 11.6 Å². The highest BCUT2D eigenvalue weighted by molar-refractivity contribution is 6.16. The quantitative estimate of drug-likeness (QED) is 0.791. The molecular weight excluding hydrogens is 262 g/mol. The molecule has 1 aromatic carbocycles. The molecule has 0 aliphatic carbocycles. The van der Waals surface area contributed by atoms with Crippen LogP contribution in [-0.2, 0) is 5.88 Å². The molecule has 1 aromatic heterocycles. The van der Waals surface area contributed by atoms with Gasteiger partial charge in [-0.3, -0.25) is 4.79 Å². The smallest absolute Gasteiger partial charge is 0.280 e. The Morgan fingerprint density at radius 3 is 2.63 bits per heavy atom. The zero-order chi connectivity index (χ0) is 13.2. The van der Waals surface area contributed by atoms with Crippen molar-refractivity contribution < 1.29 is 0 Å². The first-order chi connectivity index (χ1) is 9.31. The Labute approximate surface area is 116 Å². The summed E-state index contributed by atoms with van der Waals surface area (Å²) in [6.45, 7) is 1.79. The minimum absolute atomic E-state index is 0.0110. The molecule has 1 saturated heterocycles. The summed E-state index contributed by atoms with van der Waals surface area (Å²) in [6.07, 6.45) is 3.45. The van der Waals surface area contributed by atoms with Crippen molar-refractivity contribution in [3.63, 3.8) is 0 Å². The second-order valence-electron chi connectivity index (χ2n) is 4.81. The van der Waals surface area contributed by atoms with E-state index in [0.717, 1.165) is 31.4 Å². The van der Waals surface area contributed by atoms with E-state index in [9.17, 15) is 4.79 Å². The van der Waals surface area contributed by atoms with Crippen molar-refractivity contribution in [3.8, 4) is 0 Å². The molecule has 1 aliphatic rings. The number of hydrogen-bond donors (Lipinski definition) is 0. The topological polar surface area (TPSA) is 38.1 Å². The van der Waals surface area contributed by atoms with E-state index in [-0.39, 0.29) is 11.4 Å². The highest BCUT2D eigenvalue weighted by atomic mass is 35.5. The molecule has 19 heavy (non-hydrogen) atoms.